The molecule has 0 aliphatic carbocycles. The molecule has 0 bridgehead atoms. The van der Waals surface area contributed by atoms with E-state index >= 15 is 0 Å². The molecule has 6 rings (SSSR count). The van der Waals surface area contributed by atoms with E-state index in [0.717, 1.165) is 44.5 Å². The van der Waals surface area contributed by atoms with Crippen LogP contribution in [0.3, 0.4) is 0 Å². The molecule has 0 radical (unpaired) electrons. The minimum Gasteiger partial charge on any atom is -0.496 e. The molecule has 8 nitrogen and oxygen atoms in total. The number of carbonyl (C=O) groups excluding carboxylic acids is 1. The summed E-state index contributed by atoms with van der Waals surface area (Å²) in [5.41, 5.74) is 7.25. The third kappa shape index (κ3) is 3.63. The molecule has 0 amide bonds. The number of nitrogens with two attached hydrogens (primary N) is 1. The maximum absolute atomic E-state index is 12.6. The summed E-state index contributed by atoms with van der Waals surface area (Å²) in [5, 5.41) is 11.9. The maximum atomic E-state index is 12.6. The van der Waals surface area contributed by atoms with Crippen LogP contribution in [0.25, 0.3) is 21.9 Å². The lowest BCUT2D eigenvalue weighted by Crippen LogP contribution is -2.94. The fourth-order valence-electron chi connectivity index (χ4n) is 5.22. The Morgan fingerprint density at radius 3 is 2.80 bits per heavy atom. The Balaban J connectivity index is 1.44. The van der Waals surface area contributed by atoms with E-state index in [4.69, 9.17) is 9.47 Å². The number of hydrogen-bond donors (Lipinski definition) is 2. The van der Waals surface area contributed by atoms with E-state index < -0.39 is 0 Å². The van der Waals surface area contributed by atoms with Crippen LogP contribution < -0.4 is 10.1 Å². The van der Waals surface area contributed by atoms with Crippen LogP contribution in [-0.2, 0) is 22.5 Å². The number of nitrogens with zero attached hydrogens (tertiary/aromatic N) is 3. The first-order chi connectivity index (χ1) is 17.2. The number of esters is 1. The summed E-state index contributed by atoms with van der Waals surface area (Å²) in [6.07, 6.45) is 0.622. The Morgan fingerprint density at radius 1 is 1.11 bits per heavy atom. The summed E-state index contributed by atoms with van der Waals surface area (Å²) in [6.45, 7) is 0.518. The van der Waals surface area contributed by atoms with Crippen LogP contribution in [0.1, 0.15) is 28.4 Å². The van der Waals surface area contributed by atoms with Crippen molar-refractivity contribution in [3.05, 3.63) is 89.1 Å². The first kappa shape index (κ1) is 21.4. The van der Waals surface area contributed by atoms with Crippen LogP contribution in [0.5, 0.6) is 5.75 Å². The second-order valence-electron chi connectivity index (χ2n) is 8.87. The molecular formula is C27H26N5O3+. The Bertz CT molecular complexity index is 1550. The van der Waals surface area contributed by atoms with Gasteiger partial charge in [-0.1, -0.05) is 35.5 Å². The van der Waals surface area contributed by atoms with Gasteiger partial charge in [0.2, 0.25) is 0 Å². The van der Waals surface area contributed by atoms with Gasteiger partial charge in [-0.3, -0.25) is 0 Å². The minimum absolute atomic E-state index is 0.0904. The van der Waals surface area contributed by atoms with Gasteiger partial charge in [0.25, 0.3) is 0 Å². The van der Waals surface area contributed by atoms with Gasteiger partial charge in [-0.15, -0.1) is 5.10 Å². The Hall–Kier alpha value is -4.17. The number of hydrogen-bond acceptors (Lipinski definition) is 5. The highest BCUT2D eigenvalue weighted by Crippen LogP contribution is 2.34. The van der Waals surface area contributed by atoms with Gasteiger partial charge in [0.05, 0.1) is 32.0 Å². The highest BCUT2D eigenvalue weighted by molar-refractivity contribution is 5.86. The zero-order valence-electron chi connectivity index (χ0n) is 19.6. The summed E-state index contributed by atoms with van der Waals surface area (Å²) in [6, 6.07) is 21.9. The number of rotatable bonds is 5. The topological polar surface area (TPSA) is 98.6 Å². The molecule has 176 valence electrons. The Kier molecular flexibility index (Phi) is 5.22. The summed E-state index contributed by atoms with van der Waals surface area (Å²) in [4.78, 5) is 16.2. The molecule has 0 saturated carbocycles. The number of ether oxygens (including phenoxy) is 2. The highest BCUT2D eigenvalue weighted by atomic mass is 16.5. The molecule has 0 fully saturated rings. The fourth-order valence-corrected chi connectivity index (χ4v) is 5.22. The second kappa shape index (κ2) is 8.56. The van der Waals surface area contributed by atoms with Crippen molar-refractivity contribution in [2.75, 3.05) is 14.2 Å². The number of methoxy groups -OCH3 is 2. The summed E-state index contributed by atoms with van der Waals surface area (Å²) in [7, 11) is 3.12. The van der Waals surface area contributed by atoms with E-state index in [1.54, 1.807) is 7.11 Å². The van der Waals surface area contributed by atoms with Gasteiger partial charge >= 0.3 is 5.97 Å². The van der Waals surface area contributed by atoms with Crippen molar-refractivity contribution in [1.29, 1.82) is 0 Å². The number of H-pyrrole nitrogens is 1. The molecule has 2 atom stereocenters. The SMILES string of the molecule is COC(=O)[C@H]1Cc2c([nH]c3ccccc23)[C@@H](c2ccc(OC)c(Cn3nnc4ccccc43)c2)[NH2+]1. The molecule has 5 aromatic rings. The molecule has 0 spiro atoms. The average molecular weight is 469 g/mol. The second-order valence-corrected chi connectivity index (χ2v) is 8.87. The highest BCUT2D eigenvalue weighted by Gasteiger charge is 2.38. The largest absolute Gasteiger partial charge is 0.496 e. The number of benzene rings is 3. The molecule has 1 aliphatic rings. The molecule has 0 unspecified atom stereocenters. The van der Waals surface area contributed by atoms with Gasteiger partial charge in [0.1, 0.15) is 11.3 Å². The summed E-state index contributed by atoms with van der Waals surface area (Å²) in [5.74, 6) is 0.569. The number of aromatic amines is 1. The van der Waals surface area contributed by atoms with Crippen LogP contribution >= 0.6 is 0 Å². The normalized spacial score (nSPS) is 17.4. The van der Waals surface area contributed by atoms with Crippen molar-refractivity contribution in [2.24, 2.45) is 0 Å². The van der Waals surface area contributed by atoms with Crippen LogP contribution in [0, 0.1) is 0 Å². The van der Waals surface area contributed by atoms with Gasteiger partial charge in [-0.05, 0) is 42.0 Å². The number of para-hydroxylation sites is 2. The van der Waals surface area contributed by atoms with Crippen LogP contribution in [0.15, 0.2) is 66.7 Å². The maximum Gasteiger partial charge on any atom is 0.364 e. The predicted molar refractivity (Wildman–Crippen MR) is 131 cm³/mol. The lowest BCUT2D eigenvalue weighted by Gasteiger charge is -2.27. The van der Waals surface area contributed by atoms with Crippen molar-refractivity contribution in [3.63, 3.8) is 0 Å². The van der Waals surface area contributed by atoms with E-state index in [2.05, 4.69) is 44.9 Å². The molecule has 3 heterocycles. The Morgan fingerprint density at radius 2 is 1.94 bits per heavy atom. The van der Waals surface area contributed by atoms with Crippen molar-refractivity contribution < 1.29 is 19.6 Å². The molecule has 1 aliphatic heterocycles. The van der Waals surface area contributed by atoms with Gasteiger partial charge in [0.15, 0.2) is 12.1 Å². The van der Waals surface area contributed by atoms with Gasteiger partial charge < -0.3 is 19.8 Å². The zero-order chi connectivity index (χ0) is 23.9. The number of quaternary nitrogens is 1. The monoisotopic (exact) mass is 468 g/mol. The molecule has 0 saturated heterocycles. The van der Waals surface area contributed by atoms with E-state index in [9.17, 15) is 4.79 Å². The van der Waals surface area contributed by atoms with Gasteiger partial charge in [-0.25, -0.2) is 9.48 Å². The average Bonchev–Trinajstić information content (AvgIpc) is 3.49. The molecule has 35 heavy (non-hydrogen) atoms. The summed E-state index contributed by atoms with van der Waals surface area (Å²) < 4.78 is 12.7. The standard InChI is InChI=1S/C27H25N5O3/c1-34-24-12-11-16(13-17(24)15-32-23-10-6-5-9-21(23)30-31-32)25-26-19(14-22(29-25)27(33)35-2)18-7-3-4-8-20(18)28-26/h3-13,22,25,28-29H,14-15H2,1-2H3/p+1/t22-,25-/m1/s1. The quantitative estimate of drug-likeness (QED) is 0.387. The summed E-state index contributed by atoms with van der Waals surface area (Å²) >= 11 is 0. The van der Waals surface area contributed by atoms with Crippen molar-refractivity contribution in [1.82, 2.24) is 20.0 Å². The van der Waals surface area contributed by atoms with Crippen molar-refractivity contribution in [3.8, 4) is 5.75 Å². The lowest BCUT2D eigenvalue weighted by atomic mass is 9.89. The van der Waals surface area contributed by atoms with Crippen molar-refractivity contribution >= 4 is 27.9 Å². The number of carbonyl (C=O) groups is 1. The Labute approximate surface area is 201 Å². The number of aromatic nitrogens is 4. The third-order valence-corrected chi connectivity index (χ3v) is 6.91. The van der Waals surface area contributed by atoms with Gasteiger partial charge in [-0.2, -0.15) is 0 Å². The number of fused-ring (bicyclic) bond motifs is 4. The van der Waals surface area contributed by atoms with Crippen LogP contribution in [0.2, 0.25) is 0 Å². The molecule has 2 aromatic heterocycles. The predicted octanol–water partition coefficient (Wildman–Crippen LogP) is 2.72. The molecule has 8 heteroatoms. The smallest absolute Gasteiger partial charge is 0.364 e. The van der Waals surface area contributed by atoms with Crippen LogP contribution in [-0.4, -0.2) is 46.2 Å². The first-order valence-electron chi connectivity index (χ1n) is 11.6. The first-order valence-corrected chi connectivity index (χ1v) is 11.6. The van der Waals surface area contributed by atoms with E-state index in [0.29, 0.717) is 13.0 Å². The van der Waals surface area contributed by atoms with E-state index in [-0.39, 0.29) is 18.1 Å². The van der Waals surface area contributed by atoms with Gasteiger partial charge in [0, 0.05) is 28.5 Å². The fraction of sp³-hybridized carbons (Fsp3) is 0.222. The van der Waals surface area contributed by atoms with Crippen LogP contribution in [0.4, 0.5) is 0 Å². The number of nitrogens with one attached hydrogen (secondary N) is 1. The molecular weight excluding hydrogens is 442 g/mol. The van der Waals surface area contributed by atoms with E-state index in [1.165, 1.54) is 12.7 Å². The minimum atomic E-state index is -0.318. The van der Waals surface area contributed by atoms with E-state index in [1.807, 2.05) is 47.1 Å². The third-order valence-electron chi connectivity index (χ3n) is 6.91. The lowest BCUT2D eigenvalue weighted by molar-refractivity contribution is -0.712. The van der Waals surface area contributed by atoms with Crippen molar-refractivity contribution in [2.45, 2.75) is 25.0 Å². The zero-order valence-corrected chi connectivity index (χ0v) is 19.6. The molecule has 3 N–H and O–H groups in total. The molecule has 3 aromatic carbocycles.